The Morgan fingerprint density at radius 2 is 1.57 bits per heavy atom. The maximum Gasteiger partial charge on any atom is 0.148 e. The molecule has 1 atom stereocenters. The van der Waals surface area contributed by atoms with Crippen molar-refractivity contribution in [2.45, 2.75) is 19.9 Å². The van der Waals surface area contributed by atoms with Gasteiger partial charge in [-0.1, -0.05) is 24.3 Å². The van der Waals surface area contributed by atoms with Crippen molar-refractivity contribution in [1.29, 1.82) is 0 Å². The van der Waals surface area contributed by atoms with E-state index in [4.69, 9.17) is 5.73 Å². The van der Waals surface area contributed by atoms with Crippen molar-refractivity contribution in [3.8, 4) is 0 Å². The Hall–Kier alpha value is -2.62. The fraction of sp³-hybridized carbons (Fsp3) is 0.176. The number of para-hydroxylation sites is 2. The summed E-state index contributed by atoms with van der Waals surface area (Å²) in [6.45, 7) is 4.07. The molecular formula is C17H18N4. The van der Waals surface area contributed by atoms with Gasteiger partial charge in [-0.15, -0.1) is 0 Å². The summed E-state index contributed by atoms with van der Waals surface area (Å²) in [6, 6.07) is 15.9. The minimum Gasteiger partial charge on any atom is -0.399 e. The van der Waals surface area contributed by atoms with E-state index in [9.17, 15) is 0 Å². The van der Waals surface area contributed by atoms with Crippen LogP contribution in [-0.2, 0) is 0 Å². The van der Waals surface area contributed by atoms with Gasteiger partial charge in [-0.25, -0.2) is 9.97 Å². The molecule has 0 bridgehead atoms. The monoisotopic (exact) mass is 278 g/mol. The van der Waals surface area contributed by atoms with Gasteiger partial charge in [0.25, 0.3) is 0 Å². The minimum absolute atomic E-state index is 0.139. The number of nitrogens with zero attached hydrogens (tertiary/aromatic N) is 2. The Morgan fingerprint density at radius 3 is 2.24 bits per heavy atom. The summed E-state index contributed by atoms with van der Waals surface area (Å²) in [5, 5.41) is 3.42. The average molecular weight is 278 g/mol. The number of nitrogens with one attached hydrogen (secondary N) is 1. The molecule has 0 amide bonds. The summed E-state index contributed by atoms with van der Waals surface area (Å²) in [4.78, 5) is 9.25. The van der Waals surface area contributed by atoms with Crippen LogP contribution in [0.5, 0.6) is 0 Å². The molecule has 21 heavy (non-hydrogen) atoms. The van der Waals surface area contributed by atoms with Gasteiger partial charge in [-0.2, -0.15) is 0 Å². The highest BCUT2D eigenvalue weighted by molar-refractivity contribution is 5.76. The maximum atomic E-state index is 5.72. The van der Waals surface area contributed by atoms with Gasteiger partial charge in [-0.3, -0.25) is 0 Å². The summed E-state index contributed by atoms with van der Waals surface area (Å²) in [7, 11) is 0. The van der Waals surface area contributed by atoms with Gasteiger partial charge in [0.1, 0.15) is 5.82 Å². The van der Waals surface area contributed by atoms with Crippen LogP contribution in [0.25, 0.3) is 11.0 Å². The number of nitrogens with two attached hydrogens (primary N) is 1. The lowest BCUT2D eigenvalue weighted by atomic mass is 10.1. The first kappa shape index (κ1) is 13.4. The van der Waals surface area contributed by atoms with E-state index in [2.05, 4.69) is 22.2 Å². The van der Waals surface area contributed by atoms with E-state index in [1.165, 1.54) is 5.56 Å². The molecule has 0 aliphatic heterocycles. The van der Waals surface area contributed by atoms with E-state index in [1.807, 2.05) is 55.5 Å². The van der Waals surface area contributed by atoms with Crippen LogP contribution in [0.3, 0.4) is 0 Å². The summed E-state index contributed by atoms with van der Waals surface area (Å²) in [5.74, 6) is 0.818. The molecule has 0 saturated heterocycles. The molecule has 3 rings (SSSR count). The Morgan fingerprint density at radius 1 is 0.952 bits per heavy atom. The van der Waals surface area contributed by atoms with Crippen LogP contribution in [0.15, 0.2) is 48.5 Å². The second-order valence-electron chi connectivity index (χ2n) is 5.18. The van der Waals surface area contributed by atoms with E-state index in [0.717, 1.165) is 28.2 Å². The molecule has 3 N–H and O–H groups in total. The van der Waals surface area contributed by atoms with Crippen LogP contribution in [0.2, 0.25) is 0 Å². The molecule has 0 aliphatic carbocycles. The van der Waals surface area contributed by atoms with Gasteiger partial charge in [0.2, 0.25) is 0 Å². The van der Waals surface area contributed by atoms with E-state index >= 15 is 0 Å². The van der Waals surface area contributed by atoms with Crippen molar-refractivity contribution >= 4 is 22.5 Å². The Bertz CT molecular complexity index is 765. The first-order valence-electron chi connectivity index (χ1n) is 6.99. The Kier molecular flexibility index (Phi) is 3.44. The van der Waals surface area contributed by atoms with Crippen molar-refractivity contribution in [2.24, 2.45) is 0 Å². The highest BCUT2D eigenvalue weighted by Gasteiger charge is 2.10. The summed E-state index contributed by atoms with van der Waals surface area (Å²) in [6.07, 6.45) is 0. The predicted molar refractivity (Wildman–Crippen MR) is 87.2 cm³/mol. The largest absolute Gasteiger partial charge is 0.399 e. The molecule has 0 aliphatic rings. The van der Waals surface area contributed by atoms with Gasteiger partial charge >= 0.3 is 0 Å². The van der Waals surface area contributed by atoms with Crippen molar-refractivity contribution in [3.63, 3.8) is 0 Å². The zero-order valence-corrected chi connectivity index (χ0v) is 12.2. The molecule has 2 aromatic carbocycles. The normalized spacial score (nSPS) is 12.3. The third-order valence-electron chi connectivity index (χ3n) is 3.53. The number of benzene rings is 2. The van der Waals surface area contributed by atoms with Gasteiger partial charge < -0.3 is 11.1 Å². The molecule has 4 nitrogen and oxygen atoms in total. The van der Waals surface area contributed by atoms with Crippen LogP contribution in [-0.4, -0.2) is 9.97 Å². The van der Waals surface area contributed by atoms with Crippen LogP contribution in [0.1, 0.15) is 24.2 Å². The van der Waals surface area contributed by atoms with Gasteiger partial charge in [0.05, 0.1) is 22.8 Å². The highest BCUT2D eigenvalue weighted by atomic mass is 15.0. The molecule has 1 heterocycles. The number of nitrogen functional groups attached to an aromatic ring is 1. The number of aromatic nitrogens is 2. The van der Waals surface area contributed by atoms with Crippen molar-refractivity contribution in [1.82, 2.24) is 9.97 Å². The smallest absolute Gasteiger partial charge is 0.148 e. The minimum atomic E-state index is 0.139. The number of anilines is 2. The fourth-order valence-electron chi connectivity index (χ4n) is 2.30. The van der Waals surface area contributed by atoms with Crippen molar-refractivity contribution in [3.05, 3.63) is 59.8 Å². The third-order valence-corrected chi connectivity index (χ3v) is 3.53. The van der Waals surface area contributed by atoms with Crippen LogP contribution in [0.4, 0.5) is 11.5 Å². The molecule has 0 fully saturated rings. The lowest BCUT2D eigenvalue weighted by molar-refractivity contribution is 0.870. The molecule has 3 aromatic rings. The maximum absolute atomic E-state index is 5.72. The number of hydrogen-bond donors (Lipinski definition) is 2. The SMILES string of the molecule is Cc1nc2ccccc2nc1NC(C)c1ccc(N)cc1. The van der Waals surface area contributed by atoms with E-state index in [1.54, 1.807) is 0 Å². The van der Waals surface area contributed by atoms with Crippen LogP contribution >= 0.6 is 0 Å². The standard InChI is InChI=1S/C17H18N4/c1-11(13-7-9-14(18)10-8-13)20-17-12(2)19-15-5-3-4-6-16(15)21-17/h3-11H,18H2,1-2H3,(H,20,21). The number of hydrogen-bond acceptors (Lipinski definition) is 4. The van der Waals surface area contributed by atoms with Crippen molar-refractivity contribution in [2.75, 3.05) is 11.1 Å². The first-order chi connectivity index (χ1) is 10.1. The number of aryl methyl sites for hydroxylation is 1. The topological polar surface area (TPSA) is 63.8 Å². The quantitative estimate of drug-likeness (QED) is 0.717. The highest BCUT2D eigenvalue weighted by Crippen LogP contribution is 2.22. The first-order valence-corrected chi connectivity index (χ1v) is 6.99. The zero-order valence-electron chi connectivity index (χ0n) is 12.2. The predicted octanol–water partition coefficient (Wildman–Crippen LogP) is 3.69. The molecule has 0 spiro atoms. The van der Waals surface area contributed by atoms with Crippen molar-refractivity contribution < 1.29 is 0 Å². The molecule has 1 unspecified atom stereocenters. The molecular weight excluding hydrogens is 260 g/mol. The molecule has 4 heteroatoms. The summed E-state index contributed by atoms with van der Waals surface area (Å²) < 4.78 is 0. The van der Waals surface area contributed by atoms with Gasteiger partial charge in [0, 0.05) is 5.69 Å². The van der Waals surface area contributed by atoms with Crippen LogP contribution < -0.4 is 11.1 Å². The average Bonchev–Trinajstić information content (AvgIpc) is 2.48. The molecule has 106 valence electrons. The Balaban J connectivity index is 1.90. The molecule has 0 radical (unpaired) electrons. The molecule has 1 aromatic heterocycles. The molecule has 0 saturated carbocycles. The zero-order chi connectivity index (χ0) is 14.8. The lowest BCUT2D eigenvalue weighted by Gasteiger charge is -2.16. The van der Waals surface area contributed by atoms with Gasteiger partial charge in [-0.05, 0) is 43.7 Å². The summed E-state index contributed by atoms with van der Waals surface area (Å²) in [5.41, 5.74) is 10.4. The Labute approximate surface area is 124 Å². The second-order valence-corrected chi connectivity index (χ2v) is 5.18. The van der Waals surface area contributed by atoms with Gasteiger partial charge in [0.15, 0.2) is 0 Å². The number of fused-ring (bicyclic) bond motifs is 1. The summed E-state index contributed by atoms with van der Waals surface area (Å²) >= 11 is 0. The number of rotatable bonds is 3. The fourth-order valence-corrected chi connectivity index (χ4v) is 2.30. The van der Waals surface area contributed by atoms with E-state index in [-0.39, 0.29) is 6.04 Å². The van der Waals surface area contributed by atoms with E-state index < -0.39 is 0 Å². The second kappa shape index (κ2) is 5.40. The van der Waals surface area contributed by atoms with E-state index in [0.29, 0.717) is 0 Å². The third kappa shape index (κ3) is 2.79. The lowest BCUT2D eigenvalue weighted by Crippen LogP contribution is -2.10. The van der Waals surface area contributed by atoms with Crippen LogP contribution in [0, 0.1) is 6.92 Å².